The van der Waals surface area contributed by atoms with Gasteiger partial charge in [-0.3, -0.25) is 0 Å². The quantitative estimate of drug-likeness (QED) is 0.701. The Balaban J connectivity index is 2.35. The van der Waals surface area contributed by atoms with Crippen LogP contribution in [0.25, 0.3) is 0 Å². The first-order valence-corrected chi connectivity index (χ1v) is 5.95. The molecule has 2 amide bonds. The molecule has 0 aliphatic heterocycles. The highest BCUT2D eigenvalue weighted by Crippen LogP contribution is 2.24. The van der Waals surface area contributed by atoms with E-state index in [-0.39, 0.29) is 12.6 Å². The zero-order chi connectivity index (χ0) is 11.1. The lowest BCUT2D eigenvalue weighted by Gasteiger charge is -2.37. The van der Waals surface area contributed by atoms with E-state index in [4.69, 9.17) is 5.11 Å². The van der Waals surface area contributed by atoms with Crippen LogP contribution in [0, 0.1) is 0 Å². The van der Waals surface area contributed by atoms with Crippen molar-refractivity contribution in [2.75, 3.05) is 19.7 Å². The van der Waals surface area contributed by atoms with Crippen molar-refractivity contribution < 1.29 is 9.90 Å². The summed E-state index contributed by atoms with van der Waals surface area (Å²) in [4.78, 5) is 13.7. The number of amides is 2. The van der Waals surface area contributed by atoms with Crippen molar-refractivity contribution in [2.45, 2.75) is 45.1 Å². The molecule has 0 radical (unpaired) electrons. The number of aliphatic hydroxyl groups is 1. The molecule has 0 aromatic rings. The van der Waals surface area contributed by atoms with Gasteiger partial charge in [-0.05, 0) is 32.1 Å². The van der Waals surface area contributed by atoms with Crippen LogP contribution in [0.5, 0.6) is 0 Å². The third-order valence-corrected chi connectivity index (χ3v) is 2.86. The number of urea groups is 1. The molecule has 0 unspecified atom stereocenters. The third kappa shape index (κ3) is 3.70. The minimum absolute atomic E-state index is 0.0370. The summed E-state index contributed by atoms with van der Waals surface area (Å²) in [5, 5.41) is 11.7. The van der Waals surface area contributed by atoms with E-state index >= 15 is 0 Å². The van der Waals surface area contributed by atoms with E-state index in [1.54, 1.807) is 0 Å². The van der Waals surface area contributed by atoms with Crippen molar-refractivity contribution in [1.29, 1.82) is 0 Å². The fourth-order valence-corrected chi connectivity index (χ4v) is 1.72. The van der Waals surface area contributed by atoms with Crippen LogP contribution >= 0.6 is 0 Å². The normalized spacial score (nSPS) is 15.9. The summed E-state index contributed by atoms with van der Waals surface area (Å²) in [5.41, 5.74) is 0. The van der Waals surface area contributed by atoms with Crippen LogP contribution in [0.2, 0.25) is 0 Å². The second-order valence-corrected chi connectivity index (χ2v) is 4.09. The van der Waals surface area contributed by atoms with Gasteiger partial charge in [0.1, 0.15) is 0 Å². The average Bonchev–Trinajstić information content (AvgIpc) is 2.17. The highest BCUT2D eigenvalue weighted by Gasteiger charge is 2.27. The van der Waals surface area contributed by atoms with Crippen molar-refractivity contribution in [3.63, 3.8) is 0 Å². The number of nitrogens with zero attached hydrogens (tertiary/aromatic N) is 1. The molecule has 0 atom stereocenters. The number of aliphatic hydroxyl groups excluding tert-OH is 1. The van der Waals surface area contributed by atoms with Gasteiger partial charge in [0.25, 0.3) is 0 Å². The molecule has 0 aromatic carbocycles. The van der Waals surface area contributed by atoms with E-state index in [0.29, 0.717) is 19.0 Å². The van der Waals surface area contributed by atoms with Crippen LogP contribution < -0.4 is 5.32 Å². The van der Waals surface area contributed by atoms with Crippen molar-refractivity contribution in [3.05, 3.63) is 0 Å². The molecule has 1 fully saturated rings. The first-order chi connectivity index (χ1) is 7.29. The Bertz CT molecular complexity index is 193. The van der Waals surface area contributed by atoms with E-state index in [1.807, 2.05) is 11.8 Å². The van der Waals surface area contributed by atoms with E-state index in [0.717, 1.165) is 25.8 Å². The summed E-state index contributed by atoms with van der Waals surface area (Å²) in [6.07, 6.45) is 5.09. The Morgan fingerprint density at radius 2 is 2.27 bits per heavy atom. The average molecular weight is 214 g/mol. The minimum atomic E-state index is 0.0370. The SMILES string of the molecule is CCCNC(=O)N(CCCO)C1CCC1. The summed E-state index contributed by atoms with van der Waals surface area (Å²) in [6, 6.07) is 0.448. The largest absolute Gasteiger partial charge is 0.396 e. The lowest BCUT2D eigenvalue weighted by Crippen LogP contribution is -2.49. The van der Waals surface area contributed by atoms with Gasteiger partial charge in [0, 0.05) is 25.7 Å². The molecule has 1 rings (SSSR count). The van der Waals surface area contributed by atoms with Crippen LogP contribution in [0.1, 0.15) is 39.0 Å². The van der Waals surface area contributed by atoms with Gasteiger partial charge in [0.2, 0.25) is 0 Å². The van der Waals surface area contributed by atoms with Gasteiger partial charge in [-0.25, -0.2) is 4.79 Å². The van der Waals surface area contributed by atoms with Crippen molar-refractivity contribution >= 4 is 6.03 Å². The second-order valence-electron chi connectivity index (χ2n) is 4.09. The molecule has 1 saturated carbocycles. The number of rotatable bonds is 6. The number of carbonyl (C=O) groups excluding carboxylic acids is 1. The van der Waals surface area contributed by atoms with Crippen LogP contribution in [-0.4, -0.2) is 41.8 Å². The van der Waals surface area contributed by atoms with Gasteiger partial charge in [-0.2, -0.15) is 0 Å². The van der Waals surface area contributed by atoms with Gasteiger partial charge < -0.3 is 15.3 Å². The molecular weight excluding hydrogens is 192 g/mol. The lowest BCUT2D eigenvalue weighted by atomic mass is 9.91. The second kappa shape index (κ2) is 6.67. The maximum atomic E-state index is 11.8. The molecule has 88 valence electrons. The fourth-order valence-electron chi connectivity index (χ4n) is 1.72. The molecule has 0 aromatic heterocycles. The molecule has 1 aliphatic carbocycles. The first-order valence-electron chi connectivity index (χ1n) is 5.95. The number of carbonyl (C=O) groups is 1. The smallest absolute Gasteiger partial charge is 0.317 e. The fraction of sp³-hybridized carbons (Fsp3) is 0.909. The predicted molar refractivity (Wildman–Crippen MR) is 59.7 cm³/mol. The van der Waals surface area contributed by atoms with E-state index < -0.39 is 0 Å². The topological polar surface area (TPSA) is 52.6 Å². The molecule has 4 heteroatoms. The van der Waals surface area contributed by atoms with Crippen LogP contribution in [0.3, 0.4) is 0 Å². The molecule has 0 heterocycles. The Kier molecular flexibility index (Phi) is 5.47. The summed E-state index contributed by atoms with van der Waals surface area (Å²) in [7, 11) is 0. The minimum Gasteiger partial charge on any atom is -0.396 e. The molecule has 0 bridgehead atoms. The molecule has 1 aliphatic rings. The maximum absolute atomic E-state index is 11.8. The predicted octanol–water partition coefficient (Wildman–Crippen LogP) is 1.34. The van der Waals surface area contributed by atoms with Gasteiger partial charge in [-0.1, -0.05) is 6.92 Å². The zero-order valence-corrected chi connectivity index (χ0v) is 9.54. The van der Waals surface area contributed by atoms with Crippen LogP contribution in [-0.2, 0) is 0 Å². The summed E-state index contributed by atoms with van der Waals surface area (Å²) in [6.45, 7) is 3.61. The van der Waals surface area contributed by atoms with Crippen molar-refractivity contribution in [2.24, 2.45) is 0 Å². The Labute approximate surface area is 91.6 Å². The standard InChI is InChI=1S/C11H22N2O2/c1-2-7-12-11(15)13(8-4-9-14)10-5-3-6-10/h10,14H,2-9H2,1H3,(H,12,15). The third-order valence-electron chi connectivity index (χ3n) is 2.86. The molecule has 4 nitrogen and oxygen atoms in total. The highest BCUT2D eigenvalue weighted by molar-refractivity contribution is 5.74. The Morgan fingerprint density at radius 1 is 1.53 bits per heavy atom. The van der Waals surface area contributed by atoms with E-state index in [9.17, 15) is 4.79 Å². The molecule has 15 heavy (non-hydrogen) atoms. The summed E-state index contributed by atoms with van der Waals surface area (Å²) >= 11 is 0. The molecule has 0 saturated heterocycles. The summed E-state index contributed by atoms with van der Waals surface area (Å²) in [5.74, 6) is 0. The monoisotopic (exact) mass is 214 g/mol. The molecule has 0 spiro atoms. The Hall–Kier alpha value is -0.770. The van der Waals surface area contributed by atoms with Gasteiger partial charge >= 0.3 is 6.03 Å². The first kappa shape index (κ1) is 12.3. The van der Waals surface area contributed by atoms with Crippen molar-refractivity contribution in [1.82, 2.24) is 10.2 Å². The van der Waals surface area contributed by atoms with Crippen molar-refractivity contribution in [3.8, 4) is 0 Å². The summed E-state index contributed by atoms with van der Waals surface area (Å²) < 4.78 is 0. The van der Waals surface area contributed by atoms with Crippen LogP contribution in [0.15, 0.2) is 0 Å². The van der Waals surface area contributed by atoms with Gasteiger partial charge in [0.15, 0.2) is 0 Å². The Morgan fingerprint density at radius 3 is 2.73 bits per heavy atom. The highest BCUT2D eigenvalue weighted by atomic mass is 16.3. The van der Waals surface area contributed by atoms with E-state index in [1.165, 1.54) is 6.42 Å². The van der Waals surface area contributed by atoms with Crippen LogP contribution in [0.4, 0.5) is 4.79 Å². The van der Waals surface area contributed by atoms with E-state index in [2.05, 4.69) is 5.32 Å². The number of hydrogen-bond donors (Lipinski definition) is 2. The number of hydrogen-bond acceptors (Lipinski definition) is 2. The number of nitrogens with one attached hydrogen (secondary N) is 1. The zero-order valence-electron chi connectivity index (χ0n) is 9.54. The maximum Gasteiger partial charge on any atom is 0.317 e. The lowest BCUT2D eigenvalue weighted by molar-refractivity contribution is 0.130. The van der Waals surface area contributed by atoms with Gasteiger partial charge in [-0.15, -0.1) is 0 Å². The molecule has 2 N–H and O–H groups in total. The molecular formula is C11H22N2O2. The van der Waals surface area contributed by atoms with Gasteiger partial charge in [0.05, 0.1) is 0 Å².